The Bertz CT molecular complexity index is 230. The highest BCUT2D eigenvalue weighted by Gasteiger charge is 2.27. The Labute approximate surface area is 83.6 Å². The van der Waals surface area contributed by atoms with Crippen LogP contribution in [-0.2, 0) is 9.59 Å². The number of amides is 2. The van der Waals surface area contributed by atoms with Crippen LogP contribution in [0.15, 0.2) is 0 Å². The van der Waals surface area contributed by atoms with Crippen LogP contribution in [0.3, 0.4) is 0 Å². The molecule has 0 aromatic carbocycles. The SMILES string of the molecule is CC(=O)NCCN1CC(CN)CC1=O. The van der Waals surface area contributed by atoms with Crippen LogP contribution in [0, 0.1) is 5.92 Å². The summed E-state index contributed by atoms with van der Waals surface area (Å²) in [7, 11) is 0. The Hall–Kier alpha value is -1.10. The maximum atomic E-state index is 11.4. The molecule has 1 heterocycles. The second-order valence-corrected chi connectivity index (χ2v) is 3.63. The van der Waals surface area contributed by atoms with Gasteiger partial charge in [-0.15, -0.1) is 0 Å². The molecule has 3 N–H and O–H groups in total. The Morgan fingerprint density at radius 1 is 1.71 bits per heavy atom. The molecule has 1 aliphatic heterocycles. The summed E-state index contributed by atoms with van der Waals surface area (Å²) in [5.74, 6) is 0.373. The summed E-state index contributed by atoms with van der Waals surface area (Å²) in [6, 6.07) is 0. The Morgan fingerprint density at radius 2 is 2.43 bits per heavy atom. The van der Waals surface area contributed by atoms with Gasteiger partial charge in [0, 0.05) is 33.0 Å². The van der Waals surface area contributed by atoms with Gasteiger partial charge < -0.3 is 16.0 Å². The highest BCUT2D eigenvalue weighted by Crippen LogP contribution is 2.15. The molecule has 0 aromatic rings. The number of nitrogens with one attached hydrogen (secondary N) is 1. The zero-order valence-corrected chi connectivity index (χ0v) is 8.45. The molecule has 1 unspecified atom stereocenters. The van der Waals surface area contributed by atoms with Gasteiger partial charge in [0.15, 0.2) is 0 Å². The molecule has 0 radical (unpaired) electrons. The van der Waals surface area contributed by atoms with E-state index >= 15 is 0 Å². The fraction of sp³-hybridized carbons (Fsp3) is 0.778. The van der Waals surface area contributed by atoms with Crippen molar-refractivity contribution in [2.45, 2.75) is 13.3 Å². The molecule has 5 heteroatoms. The fourth-order valence-electron chi connectivity index (χ4n) is 1.59. The maximum absolute atomic E-state index is 11.4. The van der Waals surface area contributed by atoms with E-state index in [4.69, 9.17) is 5.73 Å². The molecular weight excluding hydrogens is 182 g/mol. The summed E-state index contributed by atoms with van der Waals surface area (Å²) in [5.41, 5.74) is 5.49. The van der Waals surface area contributed by atoms with E-state index < -0.39 is 0 Å². The summed E-state index contributed by atoms with van der Waals surface area (Å²) >= 11 is 0. The molecule has 5 nitrogen and oxygen atoms in total. The van der Waals surface area contributed by atoms with Crippen LogP contribution in [0.25, 0.3) is 0 Å². The van der Waals surface area contributed by atoms with Crippen molar-refractivity contribution < 1.29 is 9.59 Å². The highest BCUT2D eigenvalue weighted by molar-refractivity contribution is 5.78. The molecule has 1 rings (SSSR count). The van der Waals surface area contributed by atoms with Crippen molar-refractivity contribution in [2.24, 2.45) is 11.7 Å². The molecule has 0 bridgehead atoms. The minimum Gasteiger partial charge on any atom is -0.355 e. The minimum atomic E-state index is -0.0629. The number of hydrogen-bond acceptors (Lipinski definition) is 3. The third kappa shape index (κ3) is 2.99. The standard InChI is InChI=1S/C9H17N3O2/c1-7(13)11-2-3-12-6-8(5-10)4-9(12)14/h8H,2-6,10H2,1H3,(H,11,13). The third-order valence-electron chi connectivity index (χ3n) is 2.38. The first kappa shape index (κ1) is 11.0. The van der Waals surface area contributed by atoms with Crippen LogP contribution >= 0.6 is 0 Å². The Balaban J connectivity index is 2.25. The van der Waals surface area contributed by atoms with Gasteiger partial charge >= 0.3 is 0 Å². The highest BCUT2D eigenvalue weighted by atomic mass is 16.2. The first-order valence-electron chi connectivity index (χ1n) is 4.85. The second kappa shape index (κ2) is 4.95. The molecule has 0 saturated carbocycles. The maximum Gasteiger partial charge on any atom is 0.223 e. The molecule has 2 amide bonds. The van der Waals surface area contributed by atoms with E-state index in [9.17, 15) is 9.59 Å². The first-order chi connectivity index (χ1) is 6.63. The molecule has 14 heavy (non-hydrogen) atoms. The number of rotatable bonds is 4. The lowest BCUT2D eigenvalue weighted by Gasteiger charge is -2.16. The minimum absolute atomic E-state index is 0.0629. The van der Waals surface area contributed by atoms with Crippen molar-refractivity contribution in [1.29, 1.82) is 0 Å². The molecule has 0 aromatic heterocycles. The zero-order valence-electron chi connectivity index (χ0n) is 8.45. The zero-order chi connectivity index (χ0) is 10.6. The van der Waals surface area contributed by atoms with Crippen LogP contribution in [0.4, 0.5) is 0 Å². The molecular formula is C9H17N3O2. The molecule has 1 aliphatic rings. The Kier molecular flexibility index (Phi) is 3.88. The number of nitrogens with zero attached hydrogens (tertiary/aromatic N) is 1. The predicted molar refractivity (Wildman–Crippen MR) is 52.4 cm³/mol. The summed E-state index contributed by atoms with van der Waals surface area (Å²) in [6.45, 7) is 3.87. The number of likely N-dealkylation sites (tertiary alicyclic amines) is 1. The monoisotopic (exact) mass is 199 g/mol. The van der Waals surface area contributed by atoms with Crippen molar-refractivity contribution >= 4 is 11.8 Å². The second-order valence-electron chi connectivity index (χ2n) is 3.63. The largest absolute Gasteiger partial charge is 0.355 e. The van der Waals surface area contributed by atoms with Crippen LogP contribution in [-0.4, -0.2) is 42.9 Å². The normalized spacial score (nSPS) is 21.4. The van der Waals surface area contributed by atoms with Gasteiger partial charge in [-0.05, 0) is 12.5 Å². The number of nitrogens with two attached hydrogens (primary N) is 1. The molecule has 80 valence electrons. The first-order valence-corrected chi connectivity index (χ1v) is 4.85. The van der Waals surface area contributed by atoms with Gasteiger partial charge in [-0.2, -0.15) is 0 Å². The molecule has 0 spiro atoms. The lowest BCUT2D eigenvalue weighted by molar-refractivity contribution is -0.128. The van der Waals surface area contributed by atoms with E-state index in [1.54, 1.807) is 4.90 Å². The smallest absolute Gasteiger partial charge is 0.223 e. The van der Waals surface area contributed by atoms with Gasteiger partial charge in [0.1, 0.15) is 0 Å². The quantitative estimate of drug-likeness (QED) is 0.605. The van der Waals surface area contributed by atoms with E-state index in [0.29, 0.717) is 32.0 Å². The van der Waals surface area contributed by atoms with E-state index in [1.165, 1.54) is 6.92 Å². The number of carbonyl (C=O) groups excluding carboxylic acids is 2. The van der Waals surface area contributed by atoms with Crippen LogP contribution in [0.2, 0.25) is 0 Å². The lowest BCUT2D eigenvalue weighted by atomic mass is 10.1. The van der Waals surface area contributed by atoms with E-state index in [1.807, 2.05) is 0 Å². The van der Waals surface area contributed by atoms with Crippen LogP contribution in [0.5, 0.6) is 0 Å². The summed E-state index contributed by atoms with van der Waals surface area (Å²) in [6.07, 6.45) is 0.552. The van der Waals surface area contributed by atoms with Crippen molar-refractivity contribution in [1.82, 2.24) is 10.2 Å². The summed E-state index contributed by atoms with van der Waals surface area (Å²) in [4.78, 5) is 23.7. The molecule has 1 fully saturated rings. The third-order valence-corrected chi connectivity index (χ3v) is 2.38. The van der Waals surface area contributed by atoms with E-state index in [0.717, 1.165) is 6.54 Å². The average Bonchev–Trinajstić information content (AvgIpc) is 2.47. The van der Waals surface area contributed by atoms with Gasteiger partial charge in [-0.1, -0.05) is 0 Å². The predicted octanol–water partition coefficient (Wildman–Crippen LogP) is -1.07. The lowest BCUT2D eigenvalue weighted by Crippen LogP contribution is -2.35. The molecule has 1 saturated heterocycles. The Morgan fingerprint density at radius 3 is 2.93 bits per heavy atom. The van der Waals surface area contributed by atoms with Gasteiger partial charge in [-0.25, -0.2) is 0 Å². The van der Waals surface area contributed by atoms with Crippen molar-refractivity contribution in [2.75, 3.05) is 26.2 Å². The van der Waals surface area contributed by atoms with E-state index in [2.05, 4.69) is 5.32 Å². The number of hydrogen-bond donors (Lipinski definition) is 2. The van der Waals surface area contributed by atoms with Crippen LogP contribution in [0.1, 0.15) is 13.3 Å². The van der Waals surface area contributed by atoms with Gasteiger partial charge in [0.05, 0.1) is 0 Å². The van der Waals surface area contributed by atoms with Gasteiger partial charge in [-0.3, -0.25) is 9.59 Å². The summed E-state index contributed by atoms with van der Waals surface area (Å²) in [5, 5.41) is 2.66. The van der Waals surface area contributed by atoms with Crippen molar-refractivity contribution in [3.8, 4) is 0 Å². The van der Waals surface area contributed by atoms with Gasteiger partial charge in [0.2, 0.25) is 11.8 Å². The average molecular weight is 199 g/mol. The van der Waals surface area contributed by atoms with Gasteiger partial charge in [0.25, 0.3) is 0 Å². The number of carbonyl (C=O) groups is 2. The fourth-order valence-corrected chi connectivity index (χ4v) is 1.59. The van der Waals surface area contributed by atoms with Crippen molar-refractivity contribution in [3.05, 3.63) is 0 Å². The van der Waals surface area contributed by atoms with Crippen molar-refractivity contribution in [3.63, 3.8) is 0 Å². The van der Waals surface area contributed by atoms with E-state index in [-0.39, 0.29) is 11.8 Å². The van der Waals surface area contributed by atoms with Crippen LogP contribution < -0.4 is 11.1 Å². The topological polar surface area (TPSA) is 75.4 Å². The molecule has 1 atom stereocenters. The molecule has 0 aliphatic carbocycles. The summed E-state index contributed by atoms with van der Waals surface area (Å²) < 4.78 is 0.